The molecule has 2 nitrogen and oxygen atoms in total. The van der Waals surface area contributed by atoms with Crippen molar-refractivity contribution in [1.82, 2.24) is 4.37 Å². The fraction of sp³-hybridized carbons (Fsp3) is 0.214. The maximum absolute atomic E-state index is 11.6. The third kappa shape index (κ3) is 1.87. The molecule has 1 heterocycles. The van der Waals surface area contributed by atoms with E-state index in [-0.39, 0.29) is 5.56 Å². The van der Waals surface area contributed by atoms with Gasteiger partial charge in [-0.3, -0.25) is 9.17 Å². The quantitative estimate of drug-likeness (QED) is 0.816. The molecular formula is C14H13NOS. The number of H-pyrrole nitrogens is 1. The van der Waals surface area contributed by atoms with E-state index in [9.17, 15) is 4.79 Å². The largest absolute Gasteiger partial charge is 0.277 e. The zero-order valence-corrected chi connectivity index (χ0v) is 10.4. The highest BCUT2D eigenvalue weighted by molar-refractivity contribution is 7.13. The third-order valence-electron chi connectivity index (χ3n) is 3.13. The van der Waals surface area contributed by atoms with E-state index >= 15 is 0 Å². The normalized spacial score (nSPS) is 19.6. The molecule has 1 N–H and O–H groups in total. The molecule has 0 saturated carbocycles. The van der Waals surface area contributed by atoms with Gasteiger partial charge in [-0.25, -0.2) is 0 Å². The number of fused-ring (bicyclic) bond motifs is 1. The Morgan fingerprint density at radius 1 is 1.41 bits per heavy atom. The minimum Gasteiger partial charge on any atom is -0.277 e. The molecule has 17 heavy (non-hydrogen) atoms. The van der Waals surface area contributed by atoms with Gasteiger partial charge in [0.05, 0.1) is 10.1 Å². The van der Waals surface area contributed by atoms with Crippen molar-refractivity contribution >= 4 is 27.2 Å². The summed E-state index contributed by atoms with van der Waals surface area (Å²) in [6, 6.07) is 6.08. The van der Waals surface area contributed by atoms with Crippen molar-refractivity contribution in [1.29, 1.82) is 0 Å². The van der Waals surface area contributed by atoms with E-state index in [0.717, 1.165) is 22.1 Å². The molecule has 1 aliphatic rings. The monoisotopic (exact) mass is 243 g/mol. The maximum Gasteiger partial charge on any atom is 0.265 e. The van der Waals surface area contributed by atoms with Gasteiger partial charge in [-0.1, -0.05) is 42.8 Å². The lowest BCUT2D eigenvalue weighted by Gasteiger charge is -2.11. The molecule has 2 aromatic rings. The van der Waals surface area contributed by atoms with Gasteiger partial charge in [0.2, 0.25) is 0 Å². The van der Waals surface area contributed by atoms with Gasteiger partial charge in [0.25, 0.3) is 5.56 Å². The van der Waals surface area contributed by atoms with Gasteiger partial charge >= 0.3 is 0 Å². The molecule has 1 aromatic heterocycles. The lowest BCUT2D eigenvalue weighted by molar-refractivity contribution is 0.739. The van der Waals surface area contributed by atoms with Crippen LogP contribution >= 0.6 is 11.5 Å². The second kappa shape index (κ2) is 4.00. The summed E-state index contributed by atoms with van der Waals surface area (Å²) in [5.41, 5.74) is 2.36. The van der Waals surface area contributed by atoms with Crippen LogP contribution in [0.25, 0.3) is 15.7 Å². The first-order chi connectivity index (χ1) is 8.24. The smallest absolute Gasteiger partial charge is 0.265 e. The molecule has 0 radical (unpaired) electrons. The molecule has 3 heteroatoms. The summed E-state index contributed by atoms with van der Waals surface area (Å²) in [4.78, 5) is 11.6. The van der Waals surface area contributed by atoms with Gasteiger partial charge < -0.3 is 0 Å². The van der Waals surface area contributed by atoms with E-state index < -0.39 is 0 Å². The molecule has 0 bridgehead atoms. The standard InChI is InChI=1S/C14H13NOS/c1-9-2-4-10(5-3-9)11-6-7-13-12(8-11)14(16)15-17-13/h2,4-9H,3H2,1H3,(H,15,16). The Morgan fingerprint density at radius 2 is 2.29 bits per heavy atom. The summed E-state index contributed by atoms with van der Waals surface area (Å²) in [5.74, 6) is 0.618. The van der Waals surface area contributed by atoms with Gasteiger partial charge in [0.15, 0.2) is 0 Å². The Labute approximate surface area is 103 Å². The zero-order valence-electron chi connectivity index (χ0n) is 9.57. The number of benzene rings is 1. The predicted molar refractivity (Wildman–Crippen MR) is 73.3 cm³/mol. The lowest BCUT2D eigenvalue weighted by Crippen LogP contribution is -1.98. The minimum atomic E-state index is 0.0145. The van der Waals surface area contributed by atoms with Crippen molar-refractivity contribution in [3.8, 4) is 0 Å². The summed E-state index contributed by atoms with van der Waals surface area (Å²) in [5, 5.41) is 0.792. The van der Waals surface area contributed by atoms with E-state index in [1.54, 1.807) is 0 Å². The summed E-state index contributed by atoms with van der Waals surface area (Å²) < 4.78 is 3.78. The van der Waals surface area contributed by atoms with Crippen LogP contribution in [-0.4, -0.2) is 4.37 Å². The molecule has 0 spiro atoms. The van der Waals surface area contributed by atoms with Crippen LogP contribution in [-0.2, 0) is 0 Å². The number of rotatable bonds is 1. The Bertz CT molecular complexity index is 675. The number of hydrogen-bond donors (Lipinski definition) is 1. The van der Waals surface area contributed by atoms with Crippen molar-refractivity contribution in [2.75, 3.05) is 0 Å². The number of aromatic amines is 1. The Kier molecular flexibility index (Phi) is 2.48. The fourth-order valence-corrected chi connectivity index (χ4v) is 2.78. The number of allylic oxidation sites excluding steroid dienone is 4. The summed E-state index contributed by atoms with van der Waals surface area (Å²) >= 11 is 1.39. The summed E-state index contributed by atoms with van der Waals surface area (Å²) in [6.07, 6.45) is 7.68. The van der Waals surface area contributed by atoms with Crippen LogP contribution in [0.5, 0.6) is 0 Å². The second-order valence-corrected chi connectivity index (χ2v) is 5.32. The van der Waals surface area contributed by atoms with Crippen molar-refractivity contribution in [3.63, 3.8) is 0 Å². The van der Waals surface area contributed by atoms with Crippen molar-refractivity contribution in [2.45, 2.75) is 13.3 Å². The van der Waals surface area contributed by atoms with Crippen LogP contribution in [0.4, 0.5) is 0 Å². The van der Waals surface area contributed by atoms with Crippen LogP contribution in [0.15, 0.2) is 41.2 Å². The first-order valence-corrected chi connectivity index (χ1v) is 6.55. The molecule has 0 fully saturated rings. The molecule has 1 aromatic carbocycles. The first kappa shape index (κ1) is 10.5. The van der Waals surface area contributed by atoms with Crippen LogP contribution in [0.2, 0.25) is 0 Å². The molecule has 86 valence electrons. The molecule has 1 atom stereocenters. The van der Waals surface area contributed by atoms with Gasteiger partial charge in [-0.15, -0.1) is 0 Å². The van der Waals surface area contributed by atoms with Crippen LogP contribution in [0.1, 0.15) is 18.9 Å². The van der Waals surface area contributed by atoms with Gasteiger partial charge in [-0.05, 0) is 35.6 Å². The molecule has 0 aliphatic heterocycles. The van der Waals surface area contributed by atoms with E-state index in [2.05, 4.69) is 35.6 Å². The Morgan fingerprint density at radius 3 is 3.06 bits per heavy atom. The average Bonchev–Trinajstić information content (AvgIpc) is 2.72. The fourth-order valence-electron chi connectivity index (χ4n) is 2.07. The van der Waals surface area contributed by atoms with Gasteiger partial charge in [0.1, 0.15) is 0 Å². The number of aromatic nitrogens is 1. The van der Waals surface area contributed by atoms with Crippen LogP contribution < -0.4 is 5.56 Å². The number of nitrogens with one attached hydrogen (secondary N) is 1. The van der Waals surface area contributed by atoms with Gasteiger partial charge in [0, 0.05) is 0 Å². The predicted octanol–water partition coefficient (Wildman–Crippen LogP) is 3.57. The van der Waals surface area contributed by atoms with E-state index in [0.29, 0.717) is 5.92 Å². The van der Waals surface area contributed by atoms with E-state index in [1.165, 1.54) is 17.1 Å². The molecule has 1 unspecified atom stereocenters. The highest BCUT2D eigenvalue weighted by Crippen LogP contribution is 2.26. The van der Waals surface area contributed by atoms with E-state index in [4.69, 9.17) is 0 Å². The summed E-state index contributed by atoms with van der Waals surface area (Å²) in [7, 11) is 0. The SMILES string of the molecule is CC1C=CC(c2ccc3s[nH]c(=O)c3c2)=CC1. The number of hydrogen-bond acceptors (Lipinski definition) is 2. The Balaban J connectivity index is 2.09. The molecule has 3 rings (SSSR count). The Hall–Kier alpha value is -1.61. The summed E-state index contributed by atoms with van der Waals surface area (Å²) in [6.45, 7) is 2.20. The van der Waals surface area contributed by atoms with Crippen molar-refractivity contribution in [3.05, 3.63) is 52.3 Å². The lowest BCUT2D eigenvalue weighted by atomic mass is 9.94. The molecule has 0 amide bonds. The maximum atomic E-state index is 11.6. The highest BCUT2D eigenvalue weighted by Gasteiger charge is 2.08. The van der Waals surface area contributed by atoms with Crippen LogP contribution in [0, 0.1) is 5.92 Å². The van der Waals surface area contributed by atoms with E-state index in [1.807, 2.05) is 12.1 Å². The van der Waals surface area contributed by atoms with Gasteiger partial charge in [-0.2, -0.15) is 0 Å². The highest BCUT2D eigenvalue weighted by atomic mass is 32.1. The average molecular weight is 243 g/mol. The topological polar surface area (TPSA) is 32.9 Å². The van der Waals surface area contributed by atoms with Crippen molar-refractivity contribution < 1.29 is 0 Å². The zero-order chi connectivity index (χ0) is 11.8. The van der Waals surface area contributed by atoms with Crippen molar-refractivity contribution in [2.24, 2.45) is 5.92 Å². The second-order valence-electron chi connectivity index (χ2n) is 4.48. The molecule has 0 saturated heterocycles. The molecule has 1 aliphatic carbocycles. The minimum absolute atomic E-state index is 0.0145. The first-order valence-electron chi connectivity index (χ1n) is 5.74. The molecular weight excluding hydrogens is 230 g/mol. The van der Waals surface area contributed by atoms with Crippen LogP contribution in [0.3, 0.4) is 0 Å². The third-order valence-corrected chi connectivity index (χ3v) is 3.99.